The summed E-state index contributed by atoms with van der Waals surface area (Å²) in [6, 6.07) is 81.5. The van der Waals surface area contributed by atoms with Crippen LogP contribution in [0, 0.1) is 0 Å². The molecule has 294 valence electrons. The van der Waals surface area contributed by atoms with Gasteiger partial charge in [-0.1, -0.05) is 188 Å². The molecular formula is C62H36N2. The third-order valence-electron chi connectivity index (χ3n) is 14.4. The summed E-state index contributed by atoms with van der Waals surface area (Å²) in [5.41, 5.74) is 17.5. The van der Waals surface area contributed by atoms with Crippen LogP contribution in [0.5, 0.6) is 0 Å². The van der Waals surface area contributed by atoms with Gasteiger partial charge in [0.2, 0.25) is 0 Å². The zero-order valence-electron chi connectivity index (χ0n) is 34.7. The summed E-state index contributed by atoms with van der Waals surface area (Å²) >= 11 is 0. The molecule has 0 spiro atoms. The topological polar surface area (TPSA) is 8.82 Å². The summed E-state index contributed by atoms with van der Waals surface area (Å²) in [5.74, 6) is 0. The van der Waals surface area contributed by atoms with Crippen LogP contribution in [0.3, 0.4) is 0 Å². The Hall–Kier alpha value is -8.46. The Morgan fingerprint density at radius 3 is 1.16 bits per heavy atom. The predicted octanol–water partition coefficient (Wildman–Crippen LogP) is 17.0. The first-order valence-electron chi connectivity index (χ1n) is 22.3. The molecule has 64 heavy (non-hydrogen) atoms. The molecule has 4 heterocycles. The van der Waals surface area contributed by atoms with E-state index in [-0.39, 0.29) is 0 Å². The van der Waals surface area contributed by atoms with Gasteiger partial charge < -0.3 is 8.80 Å². The van der Waals surface area contributed by atoms with Crippen molar-refractivity contribution in [3.8, 4) is 44.5 Å². The fourth-order valence-electron chi connectivity index (χ4n) is 11.9. The Morgan fingerprint density at radius 1 is 0.219 bits per heavy atom. The van der Waals surface area contributed by atoms with Crippen LogP contribution in [0.15, 0.2) is 218 Å². The molecule has 0 aliphatic rings. The number of hydrogen-bond acceptors (Lipinski definition) is 0. The van der Waals surface area contributed by atoms with Crippen molar-refractivity contribution in [2.24, 2.45) is 0 Å². The zero-order chi connectivity index (χ0) is 41.6. The molecule has 11 aromatic carbocycles. The summed E-state index contributed by atoms with van der Waals surface area (Å²) in [5, 5.41) is 15.3. The molecule has 0 aliphatic heterocycles. The Morgan fingerprint density at radius 2 is 0.594 bits per heavy atom. The van der Waals surface area contributed by atoms with Crippen molar-refractivity contribution in [1.29, 1.82) is 0 Å². The zero-order valence-corrected chi connectivity index (χ0v) is 34.7. The molecule has 0 N–H and O–H groups in total. The maximum atomic E-state index is 2.51. The van der Waals surface area contributed by atoms with E-state index in [1.54, 1.807) is 0 Å². The fraction of sp³-hybridized carbons (Fsp3) is 0. The minimum atomic E-state index is 1.21. The highest BCUT2D eigenvalue weighted by Gasteiger charge is 2.24. The first-order valence-corrected chi connectivity index (χ1v) is 22.3. The first-order chi connectivity index (χ1) is 31.8. The van der Waals surface area contributed by atoms with Gasteiger partial charge in [0.25, 0.3) is 0 Å². The molecule has 4 aromatic heterocycles. The van der Waals surface area contributed by atoms with Crippen molar-refractivity contribution in [2.75, 3.05) is 0 Å². The Bertz CT molecular complexity index is 4170. The van der Waals surface area contributed by atoms with Gasteiger partial charge >= 0.3 is 0 Å². The fourth-order valence-corrected chi connectivity index (χ4v) is 11.9. The van der Waals surface area contributed by atoms with Gasteiger partial charge in [0.1, 0.15) is 0 Å². The Kier molecular flexibility index (Phi) is 6.71. The van der Waals surface area contributed by atoms with E-state index in [1.165, 1.54) is 142 Å². The van der Waals surface area contributed by atoms with Crippen molar-refractivity contribution in [1.82, 2.24) is 8.80 Å². The lowest BCUT2D eigenvalue weighted by molar-refractivity contribution is 1.37. The summed E-state index contributed by atoms with van der Waals surface area (Å²) < 4.78 is 4.99. The van der Waals surface area contributed by atoms with Crippen molar-refractivity contribution in [3.63, 3.8) is 0 Å². The van der Waals surface area contributed by atoms with Crippen LogP contribution < -0.4 is 0 Å². The first kappa shape index (κ1) is 34.2. The lowest BCUT2D eigenvalue weighted by Gasteiger charge is -2.20. The van der Waals surface area contributed by atoms with E-state index in [2.05, 4.69) is 227 Å². The second kappa shape index (κ2) is 12.6. The number of benzene rings is 11. The summed E-state index contributed by atoms with van der Waals surface area (Å²) in [4.78, 5) is 0. The molecule has 0 amide bonds. The van der Waals surface area contributed by atoms with Crippen LogP contribution in [0.4, 0.5) is 0 Å². The normalized spacial score (nSPS) is 12.4. The molecule has 0 unspecified atom stereocenters. The van der Waals surface area contributed by atoms with E-state index in [4.69, 9.17) is 0 Å². The maximum Gasteiger partial charge on any atom is 0.0620 e. The third-order valence-corrected chi connectivity index (χ3v) is 14.4. The SMILES string of the molecule is c1ccc(-c2ccccc2-c2c3cccc(-c4cccc5c4c4cccc6c7ccccc7n5c64)c3cc3c(-c4cccc5c4c4cccc6c7ccccc7n5c64)cccc23)cc1. The highest BCUT2D eigenvalue weighted by atomic mass is 14.9. The van der Waals surface area contributed by atoms with Crippen molar-refractivity contribution in [2.45, 2.75) is 0 Å². The number of para-hydroxylation sites is 4. The lowest BCUT2D eigenvalue weighted by atomic mass is 9.83. The number of nitrogens with zero attached hydrogens (tertiary/aromatic N) is 2. The molecule has 0 atom stereocenters. The van der Waals surface area contributed by atoms with Crippen molar-refractivity contribution < 1.29 is 0 Å². The van der Waals surface area contributed by atoms with Crippen LogP contribution >= 0.6 is 0 Å². The lowest BCUT2D eigenvalue weighted by Crippen LogP contribution is -1.93. The van der Waals surface area contributed by atoms with Gasteiger partial charge in [-0.2, -0.15) is 0 Å². The second-order valence-electron chi connectivity index (χ2n) is 17.5. The highest BCUT2D eigenvalue weighted by Crippen LogP contribution is 2.50. The largest absolute Gasteiger partial charge is 0.308 e. The average Bonchev–Trinajstić information content (AvgIpc) is 4.10. The summed E-state index contributed by atoms with van der Waals surface area (Å²) in [7, 11) is 0. The molecule has 15 rings (SSSR count). The molecule has 0 saturated heterocycles. The van der Waals surface area contributed by atoms with Gasteiger partial charge in [-0.15, -0.1) is 0 Å². The van der Waals surface area contributed by atoms with E-state index in [9.17, 15) is 0 Å². The standard InChI is InChI=1S/C62H36N2/c1-2-16-37(17-3-1)38-18-4-5-21-43(38)58-46-24-10-22-39(44-26-14-34-56-59(44)50-30-12-28-48-41-19-6-8-32-54(41)63(56)61(48)50)52(46)36-53-40(23-11-25-47(53)58)45-27-15-35-57-60(45)51-31-13-29-49-42-20-7-9-33-55(42)64(57)62(49)51/h1-36H. The number of rotatable bonds is 4. The van der Waals surface area contributed by atoms with Crippen molar-refractivity contribution in [3.05, 3.63) is 218 Å². The van der Waals surface area contributed by atoms with Gasteiger partial charge in [0.15, 0.2) is 0 Å². The molecule has 2 nitrogen and oxygen atoms in total. The molecule has 0 aliphatic carbocycles. The third kappa shape index (κ3) is 4.34. The quantitative estimate of drug-likeness (QED) is 0.157. The molecule has 2 heteroatoms. The highest BCUT2D eigenvalue weighted by molar-refractivity contribution is 6.30. The van der Waals surface area contributed by atoms with E-state index >= 15 is 0 Å². The van der Waals surface area contributed by atoms with Gasteiger partial charge in [0, 0.05) is 43.1 Å². The maximum absolute atomic E-state index is 2.51. The van der Waals surface area contributed by atoms with Crippen LogP contribution in [0.1, 0.15) is 0 Å². The van der Waals surface area contributed by atoms with E-state index in [0.717, 1.165) is 0 Å². The molecule has 0 radical (unpaired) electrons. The summed E-state index contributed by atoms with van der Waals surface area (Å²) in [6.07, 6.45) is 0. The predicted molar refractivity (Wildman–Crippen MR) is 273 cm³/mol. The Labute approximate surface area is 367 Å². The molecule has 0 fully saturated rings. The summed E-state index contributed by atoms with van der Waals surface area (Å²) in [6.45, 7) is 0. The molecular weight excluding hydrogens is 773 g/mol. The number of fused-ring (bicyclic) bond motifs is 14. The van der Waals surface area contributed by atoms with E-state index in [1.807, 2.05) is 0 Å². The molecule has 0 bridgehead atoms. The minimum absolute atomic E-state index is 1.21. The van der Waals surface area contributed by atoms with Gasteiger partial charge in [-0.25, -0.2) is 0 Å². The minimum Gasteiger partial charge on any atom is -0.308 e. The Balaban J connectivity index is 1.10. The van der Waals surface area contributed by atoms with Gasteiger partial charge in [-0.05, 0) is 96.4 Å². The molecule has 0 saturated carbocycles. The smallest absolute Gasteiger partial charge is 0.0620 e. The monoisotopic (exact) mass is 808 g/mol. The van der Waals surface area contributed by atoms with Gasteiger partial charge in [-0.3, -0.25) is 0 Å². The number of aromatic nitrogens is 2. The van der Waals surface area contributed by atoms with E-state index < -0.39 is 0 Å². The van der Waals surface area contributed by atoms with Crippen molar-refractivity contribution >= 4 is 97.7 Å². The number of hydrogen-bond donors (Lipinski definition) is 0. The van der Waals surface area contributed by atoms with Gasteiger partial charge in [0.05, 0.1) is 33.1 Å². The van der Waals surface area contributed by atoms with E-state index in [0.29, 0.717) is 0 Å². The average molecular weight is 809 g/mol. The van der Waals surface area contributed by atoms with Crippen LogP contribution in [-0.4, -0.2) is 8.80 Å². The molecule has 15 aromatic rings. The second-order valence-corrected chi connectivity index (χ2v) is 17.5. The van der Waals surface area contributed by atoms with Crippen LogP contribution in [0.2, 0.25) is 0 Å². The van der Waals surface area contributed by atoms with Crippen LogP contribution in [0.25, 0.3) is 142 Å². The van der Waals surface area contributed by atoms with Crippen LogP contribution in [-0.2, 0) is 0 Å².